The van der Waals surface area contributed by atoms with Crippen LogP contribution in [0.25, 0.3) is 0 Å². The van der Waals surface area contributed by atoms with Gasteiger partial charge in [-0.25, -0.2) is 9.82 Å². The average molecular weight is 539 g/mol. The number of aliphatic carboxylic acids is 1. The Morgan fingerprint density at radius 1 is 1.31 bits per heavy atom. The maximum absolute atomic E-state index is 13.9. The van der Waals surface area contributed by atoms with Gasteiger partial charge in [-0.2, -0.15) is 5.10 Å². The molecule has 2 rings (SSSR count). The molecule has 0 aromatic heterocycles. The number of hydrazone groups is 1. The van der Waals surface area contributed by atoms with Crippen LogP contribution in [0.3, 0.4) is 0 Å². The lowest BCUT2D eigenvalue weighted by Gasteiger charge is -2.27. The van der Waals surface area contributed by atoms with Gasteiger partial charge in [0.1, 0.15) is 5.75 Å². The number of phenols is 1. The van der Waals surface area contributed by atoms with E-state index in [0.717, 1.165) is 32.9 Å². The predicted molar refractivity (Wildman–Crippen MR) is 117 cm³/mol. The highest BCUT2D eigenvalue weighted by molar-refractivity contribution is 9.11. The number of phenolic OH excluding ortho intramolecular Hbond substituents is 1. The molecular weight excluding hydrogens is 513 g/mol. The molecule has 0 atom stereocenters. The van der Waals surface area contributed by atoms with Gasteiger partial charge in [-0.1, -0.05) is 13.8 Å². The molecule has 1 aliphatic heterocycles. The molecular formula is C19H26Br2FN3O4. The molecule has 1 amide bonds. The number of hydrogen-bond donors (Lipinski definition) is 3. The Morgan fingerprint density at radius 3 is 2.31 bits per heavy atom. The van der Waals surface area contributed by atoms with E-state index < -0.39 is 11.8 Å². The van der Waals surface area contributed by atoms with Crippen LogP contribution in [0, 0.1) is 17.7 Å². The molecule has 7 nitrogen and oxygen atoms in total. The van der Waals surface area contributed by atoms with Crippen LogP contribution in [-0.4, -0.2) is 52.8 Å². The first kappa shape index (κ1) is 25.5. The number of carboxylic acid groups (broad SMARTS) is 1. The molecule has 1 aliphatic rings. The summed E-state index contributed by atoms with van der Waals surface area (Å²) in [5, 5.41) is 21.9. The van der Waals surface area contributed by atoms with Crippen LogP contribution in [0.5, 0.6) is 5.75 Å². The minimum atomic E-state index is -0.833. The molecule has 0 bridgehead atoms. The van der Waals surface area contributed by atoms with E-state index in [1.54, 1.807) is 0 Å². The number of likely N-dealkylation sites (tertiary alicyclic amines) is 1. The van der Waals surface area contributed by atoms with Crippen molar-refractivity contribution < 1.29 is 24.2 Å². The normalized spacial score (nSPS) is 15.7. The summed E-state index contributed by atoms with van der Waals surface area (Å²) in [6.07, 6.45) is 1.60. The van der Waals surface area contributed by atoms with Gasteiger partial charge in [0.05, 0.1) is 14.7 Å². The van der Waals surface area contributed by atoms with Crippen molar-refractivity contribution >= 4 is 49.4 Å². The molecule has 29 heavy (non-hydrogen) atoms. The number of carboxylic acids is 1. The summed E-state index contributed by atoms with van der Waals surface area (Å²) in [4.78, 5) is 23.6. The van der Waals surface area contributed by atoms with Crippen LogP contribution in [-0.2, 0) is 9.59 Å². The number of nitrogens with zero attached hydrogens (tertiary/aromatic N) is 2. The Bertz CT molecular complexity index is 775. The number of hydrogen-bond acceptors (Lipinski definition) is 5. The van der Waals surface area contributed by atoms with Gasteiger partial charge in [0.25, 0.3) is 5.97 Å². The van der Waals surface area contributed by atoms with Gasteiger partial charge in [-0.3, -0.25) is 9.59 Å². The van der Waals surface area contributed by atoms with Gasteiger partial charge >= 0.3 is 0 Å². The van der Waals surface area contributed by atoms with Crippen LogP contribution in [0.1, 0.15) is 39.2 Å². The Kier molecular flexibility index (Phi) is 10.2. The first-order chi connectivity index (χ1) is 13.5. The fourth-order valence-electron chi connectivity index (χ4n) is 2.76. The number of benzene rings is 1. The third-order valence-corrected chi connectivity index (χ3v) is 5.64. The Balaban J connectivity index is 0.000000960. The first-order valence-corrected chi connectivity index (χ1v) is 10.7. The molecule has 0 unspecified atom stereocenters. The summed E-state index contributed by atoms with van der Waals surface area (Å²) in [5.74, 6) is -1.91. The molecule has 1 saturated heterocycles. The van der Waals surface area contributed by atoms with E-state index in [1.165, 1.54) is 6.07 Å². The molecule has 1 aromatic rings. The molecule has 1 fully saturated rings. The number of rotatable bonds is 4. The highest BCUT2D eigenvalue weighted by Crippen LogP contribution is 2.36. The van der Waals surface area contributed by atoms with Gasteiger partial charge in [-0.15, -0.1) is 0 Å². The number of nitrogens with one attached hydrogen (secondary N) is 1. The highest BCUT2D eigenvalue weighted by atomic mass is 79.9. The van der Waals surface area contributed by atoms with Crippen LogP contribution >= 0.6 is 31.9 Å². The fraction of sp³-hybridized carbons (Fsp3) is 0.526. The molecule has 0 aliphatic carbocycles. The van der Waals surface area contributed by atoms with E-state index >= 15 is 0 Å². The second kappa shape index (κ2) is 11.6. The number of piperidine rings is 1. The molecule has 1 aromatic carbocycles. The van der Waals surface area contributed by atoms with E-state index in [9.17, 15) is 14.3 Å². The minimum absolute atomic E-state index is 0.0353. The van der Waals surface area contributed by atoms with Crippen LogP contribution in [0.4, 0.5) is 4.39 Å². The van der Waals surface area contributed by atoms with Gasteiger partial charge < -0.3 is 15.1 Å². The predicted octanol–water partition coefficient (Wildman–Crippen LogP) is 3.97. The van der Waals surface area contributed by atoms with Crippen molar-refractivity contribution in [3.05, 3.63) is 26.4 Å². The Hall–Kier alpha value is -1.52. The number of halogens is 3. The van der Waals surface area contributed by atoms with E-state index in [2.05, 4.69) is 47.3 Å². The van der Waals surface area contributed by atoms with Gasteiger partial charge in [0.15, 0.2) is 5.82 Å². The lowest BCUT2D eigenvalue weighted by atomic mass is 9.96. The average Bonchev–Trinajstić information content (AvgIpc) is 2.63. The molecule has 162 valence electrons. The number of carbonyl (C=O) groups is 2. The van der Waals surface area contributed by atoms with Crippen molar-refractivity contribution in [3.63, 3.8) is 0 Å². The smallest absolute Gasteiger partial charge is 0.300 e. The second-order valence-electron chi connectivity index (χ2n) is 7.11. The van der Waals surface area contributed by atoms with Gasteiger partial charge in [-0.05, 0) is 76.8 Å². The van der Waals surface area contributed by atoms with Crippen LogP contribution < -0.4 is 5.43 Å². The Morgan fingerprint density at radius 2 is 1.83 bits per heavy atom. The number of carbonyl (C=O) groups excluding carboxylic acids is 1. The zero-order valence-electron chi connectivity index (χ0n) is 16.8. The zero-order valence-corrected chi connectivity index (χ0v) is 20.0. The summed E-state index contributed by atoms with van der Waals surface area (Å²) >= 11 is 6.18. The summed E-state index contributed by atoms with van der Waals surface area (Å²) in [6.45, 7) is 6.64. The minimum Gasteiger partial charge on any atom is -0.506 e. The number of aromatic hydroxyl groups is 1. The van der Waals surface area contributed by atoms with E-state index in [-0.39, 0.29) is 32.4 Å². The maximum atomic E-state index is 13.9. The maximum Gasteiger partial charge on any atom is 0.300 e. The zero-order chi connectivity index (χ0) is 22.3. The van der Waals surface area contributed by atoms with Crippen molar-refractivity contribution in [3.8, 4) is 5.75 Å². The van der Waals surface area contributed by atoms with E-state index in [0.29, 0.717) is 11.3 Å². The van der Waals surface area contributed by atoms with Crippen LogP contribution in [0.2, 0.25) is 0 Å². The van der Waals surface area contributed by atoms with Crippen molar-refractivity contribution in [2.45, 2.75) is 33.6 Å². The molecule has 0 radical (unpaired) electrons. The van der Waals surface area contributed by atoms with Crippen molar-refractivity contribution in [1.29, 1.82) is 0 Å². The first-order valence-electron chi connectivity index (χ1n) is 9.08. The lowest BCUT2D eigenvalue weighted by Crippen LogP contribution is -2.37. The van der Waals surface area contributed by atoms with Crippen molar-refractivity contribution in [1.82, 2.24) is 10.3 Å². The van der Waals surface area contributed by atoms with Crippen molar-refractivity contribution in [2.75, 3.05) is 20.1 Å². The largest absolute Gasteiger partial charge is 0.506 e. The standard InChI is InChI=1S/C17H22Br2FN3O2.C2H4O2/c1-9(2)15(11-8-12(18)14(20)13(19)16(11)24)21-22-17(25)10-4-6-23(3)7-5-10;1-2(3)4/h8-10,24H,4-7H2,1-3H3,(H,22,25);1H3,(H,3,4)/b21-15+;. The van der Waals surface area contributed by atoms with Crippen molar-refractivity contribution in [2.24, 2.45) is 16.9 Å². The summed E-state index contributed by atoms with van der Waals surface area (Å²) in [5.41, 5.74) is 3.48. The third kappa shape index (κ3) is 7.67. The van der Waals surface area contributed by atoms with E-state index in [4.69, 9.17) is 9.90 Å². The fourth-order valence-corrected chi connectivity index (χ4v) is 3.88. The number of amides is 1. The summed E-state index contributed by atoms with van der Waals surface area (Å²) in [7, 11) is 2.04. The second-order valence-corrected chi connectivity index (χ2v) is 8.75. The van der Waals surface area contributed by atoms with Crippen LogP contribution in [0.15, 0.2) is 20.1 Å². The molecule has 3 N–H and O–H groups in total. The van der Waals surface area contributed by atoms with Gasteiger partial charge in [0.2, 0.25) is 5.91 Å². The monoisotopic (exact) mass is 537 g/mol. The highest BCUT2D eigenvalue weighted by Gasteiger charge is 2.24. The Labute approximate surface area is 186 Å². The quantitative estimate of drug-likeness (QED) is 0.306. The summed E-state index contributed by atoms with van der Waals surface area (Å²) < 4.78 is 14.0. The van der Waals surface area contributed by atoms with E-state index in [1.807, 2.05) is 20.9 Å². The third-order valence-electron chi connectivity index (χ3n) is 4.34. The van der Waals surface area contributed by atoms with Gasteiger partial charge in [0, 0.05) is 18.4 Å². The summed E-state index contributed by atoms with van der Waals surface area (Å²) in [6, 6.07) is 1.47. The molecule has 0 spiro atoms. The molecule has 1 heterocycles. The lowest BCUT2D eigenvalue weighted by molar-refractivity contribution is -0.134. The SMILES string of the molecule is CC(=O)O.CC(C)/C(=N\NC(=O)C1CCN(C)CC1)c1cc(Br)c(F)c(Br)c1O. The molecule has 10 heteroatoms. The molecule has 0 saturated carbocycles. The topological polar surface area (TPSA) is 102 Å².